The Hall–Kier alpha value is -2.82. The van der Waals surface area contributed by atoms with Crippen LogP contribution in [0, 0.1) is 5.41 Å². The first-order chi connectivity index (χ1) is 13.4. The van der Waals surface area contributed by atoms with Crippen LogP contribution in [-0.2, 0) is 19.0 Å². The van der Waals surface area contributed by atoms with Crippen molar-refractivity contribution in [3.63, 3.8) is 0 Å². The third-order valence-electron chi connectivity index (χ3n) is 5.30. The fourth-order valence-corrected chi connectivity index (χ4v) is 3.23. The summed E-state index contributed by atoms with van der Waals surface area (Å²) >= 11 is 0. The van der Waals surface area contributed by atoms with Crippen molar-refractivity contribution in [2.24, 2.45) is 5.41 Å². The zero-order chi connectivity index (χ0) is 20.1. The van der Waals surface area contributed by atoms with Gasteiger partial charge in [0.1, 0.15) is 19.8 Å². The summed E-state index contributed by atoms with van der Waals surface area (Å²) in [6.45, 7) is 5.77. The highest BCUT2D eigenvalue weighted by molar-refractivity contribution is 5.79. The van der Waals surface area contributed by atoms with Gasteiger partial charge in [-0.3, -0.25) is 4.79 Å². The van der Waals surface area contributed by atoms with E-state index in [0.717, 1.165) is 11.1 Å². The molecule has 0 heterocycles. The first-order valence-electron chi connectivity index (χ1n) is 9.59. The van der Waals surface area contributed by atoms with Crippen LogP contribution in [0.15, 0.2) is 48.5 Å². The molecule has 0 unspecified atom stereocenters. The van der Waals surface area contributed by atoms with E-state index in [0.29, 0.717) is 6.42 Å². The average molecular weight is 382 g/mol. The maximum Gasteiger partial charge on any atom is 0.508 e. The van der Waals surface area contributed by atoms with Crippen LogP contribution >= 0.6 is 0 Å². The van der Waals surface area contributed by atoms with Crippen LogP contribution in [0.4, 0.5) is 4.79 Å². The van der Waals surface area contributed by atoms with E-state index >= 15 is 0 Å². The van der Waals surface area contributed by atoms with E-state index in [1.165, 1.54) is 11.1 Å². The molecule has 0 spiro atoms. The molecule has 1 aliphatic rings. The maximum absolute atomic E-state index is 11.9. The van der Waals surface area contributed by atoms with Crippen molar-refractivity contribution in [2.75, 3.05) is 19.8 Å². The van der Waals surface area contributed by atoms with Gasteiger partial charge in [-0.25, -0.2) is 4.79 Å². The molecule has 5 heteroatoms. The summed E-state index contributed by atoms with van der Waals surface area (Å²) in [5.74, 6) is -0.311. The number of fused-ring (bicyclic) bond motifs is 3. The predicted molar refractivity (Wildman–Crippen MR) is 106 cm³/mol. The lowest BCUT2D eigenvalue weighted by Gasteiger charge is -2.20. The van der Waals surface area contributed by atoms with E-state index in [4.69, 9.17) is 14.2 Å². The number of rotatable bonds is 7. The Balaban J connectivity index is 1.50. The molecule has 0 bridgehead atoms. The largest absolute Gasteiger partial charge is 0.508 e. The Morgan fingerprint density at radius 1 is 0.857 bits per heavy atom. The van der Waals surface area contributed by atoms with Crippen molar-refractivity contribution in [3.8, 4) is 11.1 Å². The fraction of sp³-hybridized carbons (Fsp3) is 0.391. The van der Waals surface area contributed by atoms with E-state index in [1.807, 2.05) is 45.0 Å². The first kappa shape index (κ1) is 19.9. The van der Waals surface area contributed by atoms with Crippen LogP contribution in [0.1, 0.15) is 44.2 Å². The molecule has 0 aliphatic heterocycles. The van der Waals surface area contributed by atoms with Gasteiger partial charge >= 0.3 is 12.1 Å². The average Bonchev–Trinajstić information content (AvgIpc) is 3.03. The second-order valence-electron chi connectivity index (χ2n) is 7.51. The highest BCUT2D eigenvalue weighted by Gasteiger charge is 2.29. The molecule has 148 valence electrons. The van der Waals surface area contributed by atoms with Gasteiger partial charge in [-0.05, 0) is 42.5 Å². The van der Waals surface area contributed by atoms with Gasteiger partial charge in [0.2, 0.25) is 0 Å². The number of carbonyl (C=O) groups is 2. The zero-order valence-electron chi connectivity index (χ0n) is 16.6. The number of hydrogen-bond acceptors (Lipinski definition) is 5. The van der Waals surface area contributed by atoms with Gasteiger partial charge in [-0.15, -0.1) is 0 Å². The summed E-state index contributed by atoms with van der Waals surface area (Å²) < 4.78 is 15.5. The Morgan fingerprint density at radius 2 is 1.39 bits per heavy atom. The second-order valence-corrected chi connectivity index (χ2v) is 7.51. The molecular weight excluding hydrogens is 356 g/mol. The molecule has 2 aromatic carbocycles. The predicted octanol–water partition coefficient (Wildman–Crippen LogP) is 4.93. The second kappa shape index (κ2) is 8.46. The Bertz CT molecular complexity index is 810. The van der Waals surface area contributed by atoms with Crippen molar-refractivity contribution >= 4 is 12.1 Å². The number of benzene rings is 2. The molecule has 0 N–H and O–H groups in total. The van der Waals surface area contributed by atoms with Crippen molar-refractivity contribution in [1.82, 2.24) is 0 Å². The molecule has 0 saturated heterocycles. The maximum atomic E-state index is 11.9. The van der Waals surface area contributed by atoms with Gasteiger partial charge in [0.05, 0.1) is 5.41 Å². The summed E-state index contributed by atoms with van der Waals surface area (Å²) in [4.78, 5) is 23.8. The third kappa shape index (κ3) is 4.19. The van der Waals surface area contributed by atoms with Gasteiger partial charge < -0.3 is 14.2 Å². The lowest BCUT2D eigenvalue weighted by molar-refractivity contribution is -0.155. The minimum Gasteiger partial charge on any atom is -0.462 e. The van der Waals surface area contributed by atoms with Crippen molar-refractivity contribution in [3.05, 3.63) is 59.7 Å². The highest BCUT2D eigenvalue weighted by atomic mass is 16.7. The molecule has 1 aliphatic carbocycles. The Morgan fingerprint density at radius 3 is 1.96 bits per heavy atom. The third-order valence-corrected chi connectivity index (χ3v) is 5.30. The minimum atomic E-state index is -0.757. The van der Waals surface area contributed by atoms with E-state index in [-0.39, 0.29) is 31.7 Å². The number of hydrogen-bond donors (Lipinski definition) is 0. The topological polar surface area (TPSA) is 61.8 Å². The van der Waals surface area contributed by atoms with Gasteiger partial charge in [0.15, 0.2) is 0 Å². The lowest BCUT2D eigenvalue weighted by Crippen LogP contribution is -2.27. The summed E-state index contributed by atoms with van der Waals surface area (Å²) in [6.07, 6.45) is -0.0772. The van der Waals surface area contributed by atoms with Gasteiger partial charge in [0, 0.05) is 5.92 Å². The van der Waals surface area contributed by atoms with Crippen LogP contribution in [-0.4, -0.2) is 31.9 Å². The molecular formula is C23H26O5. The van der Waals surface area contributed by atoms with E-state index < -0.39 is 11.6 Å². The van der Waals surface area contributed by atoms with Gasteiger partial charge in [-0.2, -0.15) is 0 Å². The summed E-state index contributed by atoms with van der Waals surface area (Å²) in [6, 6.07) is 16.3. The van der Waals surface area contributed by atoms with Gasteiger partial charge in [-0.1, -0.05) is 55.5 Å². The van der Waals surface area contributed by atoms with Crippen molar-refractivity contribution in [2.45, 2.75) is 33.1 Å². The lowest BCUT2D eigenvalue weighted by atomic mass is 9.91. The Labute approximate surface area is 165 Å². The quantitative estimate of drug-likeness (QED) is 0.502. The van der Waals surface area contributed by atoms with Crippen LogP contribution in [0.2, 0.25) is 0 Å². The number of ether oxygens (including phenoxy) is 3. The molecule has 0 atom stereocenters. The summed E-state index contributed by atoms with van der Waals surface area (Å²) in [5, 5.41) is 0. The van der Waals surface area contributed by atoms with E-state index in [1.54, 1.807) is 0 Å². The van der Waals surface area contributed by atoms with Crippen molar-refractivity contribution < 1.29 is 23.8 Å². The minimum absolute atomic E-state index is 0.0110. The van der Waals surface area contributed by atoms with Crippen LogP contribution in [0.3, 0.4) is 0 Å². The summed E-state index contributed by atoms with van der Waals surface area (Å²) in [5.41, 5.74) is 4.10. The molecule has 0 amide bonds. The monoisotopic (exact) mass is 382 g/mol. The zero-order valence-corrected chi connectivity index (χ0v) is 16.6. The highest BCUT2D eigenvalue weighted by Crippen LogP contribution is 2.44. The first-order valence-corrected chi connectivity index (χ1v) is 9.59. The molecule has 2 aromatic rings. The fourth-order valence-electron chi connectivity index (χ4n) is 3.23. The van der Waals surface area contributed by atoms with Crippen LogP contribution in [0.5, 0.6) is 0 Å². The van der Waals surface area contributed by atoms with Crippen molar-refractivity contribution in [1.29, 1.82) is 0 Å². The van der Waals surface area contributed by atoms with Crippen LogP contribution < -0.4 is 0 Å². The van der Waals surface area contributed by atoms with E-state index in [9.17, 15) is 9.59 Å². The normalized spacial score (nSPS) is 12.8. The van der Waals surface area contributed by atoms with E-state index in [2.05, 4.69) is 24.3 Å². The molecule has 0 radical (unpaired) electrons. The molecule has 5 nitrogen and oxygen atoms in total. The molecule has 0 saturated carbocycles. The Kier molecular flexibility index (Phi) is 6.02. The summed E-state index contributed by atoms with van der Waals surface area (Å²) in [7, 11) is 0. The molecule has 3 rings (SSSR count). The van der Waals surface area contributed by atoms with Crippen LogP contribution in [0.25, 0.3) is 11.1 Å². The number of carbonyl (C=O) groups excluding carboxylic acids is 2. The molecule has 0 aromatic heterocycles. The molecule has 0 fully saturated rings. The molecule has 28 heavy (non-hydrogen) atoms. The SMILES string of the molecule is CCC(C)(C)C(=O)OCCOC(=O)OCC1c2ccccc2-c2ccccc21. The van der Waals surface area contributed by atoms with Gasteiger partial charge in [0.25, 0.3) is 0 Å². The standard InChI is InChI=1S/C23H26O5/c1-4-23(2,3)21(24)26-13-14-27-22(25)28-15-20-18-11-7-5-9-16(18)17-10-6-8-12-19(17)20/h5-12,20H,4,13-15H2,1-3H3. The number of esters is 1. The smallest absolute Gasteiger partial charge is 0.462 e.